The first-order chi connectivity index (χ1) is 27.6. The van der Waals surface area contributed by atoms with Gasteiger partial charge in [-0.05, 0) is 20.8 Å². The third kappa shape index (κ3) is 11.0. The molecule has 4 fully saturated rings. The third-order valence-electron chi connectivity index (χ3n) is 10.3. The van der Waals surface area contributed by atoms with E-state index in [0.717, 1.165) is 13.8 Å². The van der Waals surface area contributed by atoms with E-state index in [1.807, 2.05) is 0 Å². The third-order valence-corrected chi connectivity index (χ3v) is 10.3. The average molecular weight is 863 g/mol. The summed E-state index contributed by atoms with van der Waals surface area (Å²) in [5.74, 6) is -6.56. The number of aliphatic carboxylic acids is 1. The van der Waals surface area contributed by atoms with Gasteiger partial charge in [0.05, 0.1) is 44.2 Å². The maximum Gasteiger partial charge on any atom is 0.364 e. The minimum atomic E-state index is -3.11. The van der Waals surface area contributed by atoms with E-state index in [1.165, 1.54) is 6.92 Å². The number of nitrogens with one attached hydrogen (secondary N) is 2. The zero-order chi connectivity index (χ0) is 44.3. The van der Waals surface area contributed by atoms with Gasteiger partial charge in [0, 0.05) is 20.3 Å². The van der Waals surface area contributed by atoms with Crippen LogP contribution in [0.3, 0.4) is 0 Å². The van der Waals surface area contributed by atoms with Crippen LogP contribution in [0.2, 0.25) is 0 Å². The summed E-state index contributed by atoms with van der Waals surface area (Å²) in [6.45, 7) is 3.77. The van der Waals surface area contributed by atoms with Crippen LogP contribution in [-0.4, -0.2) is 233 Å². The molecule has 0 spiro atoms. The maximum absolute atomic E-state index is 12.9. The Balaban J connectivity index is 1.74. The van der Waals surface area contributed by atoms with Gasteiger partial charge < -0.3 is 110 Å². The number of ether oxygens (including phenoxy) is 8. The molecule has 4 aliphatic heterocycles. The van der Waals surface area contributed by atoms with Gasteiger partial charge in [0.1, 0.15) is 85.4 Å². The van der Waals surface area contributed by atoms with Crippen LogP contribution in [-0.2, 0) is 52.3 Å². The Morgan fingerprint density at radius 1 is 0.729 bits per heavy atom. The van der Waals surface area contributed by atoms with Crippen molar-refractivity contribution in [3.05, 3.63) is 0 Å². The first-order valence-electron chi connectivity index (χ1n) is 18.9. The highest BCUT2D eigenvalue weighted by atomic mass is 16.8. The van der Waals surface area contributed by atoms with Crippen molar-refractivity contribution in [1.29, 1.82) is 0 Å². The second-order valence-corrected chi connectivity index (χ2v) is 15.2. The molecule has 4 rings (SSSR count). The number of carboxylic acid groups (broad SMARTS) is 1. The summed E-state index contributed by atoms with van der Waals surface area (Å²) in [4.78, 5) is 37.5. The number of hydrogen-bond donors (Lipinski definition) is 14. The van der Waals surface area contributed by atoms with Crippen LogP contribution in [0.5, 0.6) is 0 Å². The molecule has 25 nitrogen and oxygen atoms in total. The van der Waals surface area contributed by atoms with E-state index >= 15 is 0 Å². The summed E-state index contributed by atoms with van der Waals surface area (Å²) >= 11 is 0. The van der Waals surface area contributed by atoms with Crippen molar-refractivity contribution >= 4 is 17.8 Å². The van der Waals surface area contributed by atoms with Crippen molar-refractivity contribution in [3.63, 3.8) is 0 Å². The Labute approximate surface area is 337 Å². The van der Waals surface area contributed by atoms with Crippen LogP contribution in [0.4, 0.5) is 0 Å². The van der Waals surface area contributed by atoms with Gasteiger partial charge in [-0.1, -0.05) is 0 Å². The molecular formula is C34H58N2O23. The number of carbonyl (C=O) groups excluding carboxylic acids is 2. The summed E-state index contributed by atoms with van der Waals surface area (Å²) < 4.78 is 46.8. The standard InChI is InChI=1S/C34H58N2O23/c1-10(2)52-30-19(36-13(5)41)28(57-31-24(48)23(47)20(44)11(3)53-31)26(17(9-39)55-30)56-32-25(49)29(22(46)16(8-38)54-32)59-34(33(50)51)6-14(42)18(35-12(4)40)27(58-34)21(45)15(43)7-37/h10-11,14-32,37-39,42-49H,6-9H2,1-5H3,(H,35,40)(H,36,41)(H,50,51)/t11?,14-,15-,16?,17?,18-,19+,20-,21-,22+,23+,24?,25?,26-,27?,28?,29?,30-,31+,32+,34+/m1/s1. The Hall–Kier alpha value is -2.35. The van der Waals surface area contributed by atoms with Crippen molar-refractivity contribution in [1.82, 2.24) is 10.6 Å². The van der Waals surface area contributed by atoms with Gasteiger partial charge in [-0.3, -0.25) is 9.59 Å². The molecule has 342 valence electrons. The van der Waals surface area contributed by atoms with Crippen molar-refractivity contribution in [2.24, 2.45) is 0 Å². The van der Waals surface area contributed by atoms with E-state index in [0.29, 0.717) is 0 Å². The van der Waals surface area contributed by atoms with Crippen LogP contribution >= 0.6 is 0 Å². The Bertz CT molecular complexity index is 1400. The summed E-state index contributed by atoms with van der Waals surface area (Å²) in [7, 11) is 0. The van der Waals surface area contributed by atoms with Crippen LogP contribution in [0.1, 0.15) is 41.0 Å². The maximum atomic E-state index is 12.9. The normalized spacial score (nSPS) is 44.1. The summed E-state index contributed by atoms with van der Waals surface area (Å²) in [6.07, 6.45) is -34.5. The molecule has 0 aromatic rings. The SMILES string of the molecule is CC(=O)N[C@H]1C(O[C@@H]2OC(C)[C@@H](O)[C@H](O)C2O)[C@H](O[C@@H]2OC(CO)[C@H](O)C(O[C@]3(C(=O)O)C[C@@H](O)[C@@H](NC(C)=O)C([C@H](O)[C@H](O)CO)O3)C2O)C(CO)O[C@H]1OC(C)C. The number of amides is 2. The van der Waals surface area contributed by atoms with Gasteiger partial charge in [-0.15, -0.1) is 0 Å². The lowest BCUT2D eigenvalue weighted by Crippen LogP contribution is -2.71. The van der Waals surface area contributed by atoms with Crippen LogP contribution in [0.25, 0.3) is 0 Å². The molecule has 0 saturated carbocycles. The zero-order valence-electron chi connectivity index (χ0n) is 32.8. The summed E-state index contributed by atoms with van der Waals surface area (Å²) in [5.41, 5.74) is 0. The van der Waals surface area contributed by atoms with Crippen molar-refractivity contribution < 1.29 is 114 Å². The van der Waals surface area contributed by atoms with Crippen LogP contribution in [0.15, 0.2) is 0 Å². The fourth-order valence-corrected chi connectivity index (χ4v) is 7.36. The second-order valence-electron chi connectivity index (χ2n) is 15.2. The zero-order valence-corrected chi connectivity index (χ0v) is 32.8. The lowest BCUT2D eigenvalue weighted by molar-refractivity contribution is -0.392. The monoisotopic (exact) mass is 862 g/mol. The smallest absolute Gasteiger partial charge is 0.364 e. The lowest BCUT2D eigenvalue weighted by atomic mass is 9.88. The van der Waals surface area contributed by atoms with Crippen molar-refractivity contribution in [3.8, 4) is 0 Å². The molecule has 25 heteroatoms. The largest absolute Gasteiger partial charge is 0.477 e. The van der Waals surface area contributed by atoms with Gasteiger partial charge in [0.15, 0.2) is 18.9 Å². The van der Waals surface area contributed by atoms with E-state index < -0.39 is 178 Å². The average Bonchev–Trinajstić information content (AvgIpc) is 3.17. The summed E-state index contributed by atoms with van der Waals surface area (Å²) in [5, 5.41) is 132. The van der Waals surface area contributed by atoms with E-state index in [4.69, 9.17) is 37.9 Å². The predicted molar refractivity (Wildman–Crippen MR) is 187 cm³/mol. The number of rotatable bonds is 16. The number of aliphatic hydroxyl groups is 11. The minimum absolute atomic E-state index is 0.571. The van der Waals surface area contributed by atoms with Gasteiger partial charge in [0.25, 0.3) is 5.79 Å². The molecule has 8 unspecified atom stereocenters. The molecule has 0 aromatic carbocycles. The van der Waals surface area contributed by atoms with E-state index in [1.54, 1.807) is 13.8 Å². The Kier molecular flexibility index (Phi) is 17.3. The second kappa shape index (κ2) is 20.7. The van der Waals surface area contributed by atoms with E-state index in [2.05, 4.69) is 10.6 Å². The molecule has 0 aliphatic carbocycles. The predicted octanol–water partition coefficient (Wildman–Crippen LogP) is -7.80. The number of carbonyl (C=O) groups is 3. The highest BCUT2D eigenvalue weighted by Gasteiger charge is 2.61. The quantitative estimate of drug-likeness (QED) is 0.0685. The van der Waals surface area contributed by atoms with Crippen molar-refractivity contribution in [2.45, 2.75) is 175 Å². The molecule has 0 aromatic heterocycles. The Morgan fingerprint density at radius 3 is 1.83 bits per heavy atom. The van der Waals surface area contributed by atoms with Crippen molar-refractivity contribution in [2.75, 3.05) is 19.8 Å². The molecule has 14 N–H and O–H groups in total. The minimum Gasteiger partial charge on any atom is -0.477 e. The molecule has 59 heavy (non-hydrogen) atoms. The number of hydrogen-bond acceptors (Lipinski definition) is 22. The molecule has 21 atom stereocenters. The van der Waals surface area contributed by atoms with Gasteiger partial charge in [0.2, 0.25) is 11.8 Å². The molecular weight excluding hydrogens is 804 g/mol. The van der Waals surface area contributed by atoms with Gasteiger partial charge in [-0.2, -0.15) is 0 Å². The van der Waals surface area contributed by atoms with Gasteiger partial charge in [-0.25, -0.2) is 4.79 Å². The Morgan fingerprint density at radius 2 is 1.29 bits per heavy atom. The highest BCUT2D eigenvalue weighted by molar-refractivity contribution is 5.76. The molecule has 4 aliphatic rings. The highest BCUT2D eigenvalue weighted by Crippen LogP contribution is 2.39. The summed E-state index contributed by atoms with van der Waals surface area (Å²) in [6, 6.07) is -2.99. The molecule has 0 bridgehead atoms. The molecule has 4 heterocycles. The van der Waals surface area contributed by atoms with Crippen LogP contribution < -0.4 is 10.6 Å². The topological polar surface area (TPSA) is 392 Å². The van der Waals surface area contributed by atoms with E-state index in [9.17, 15) is 75.7 Å². The fraction of sp³-hybridized carbons (Fsp3) is 0.912. The van der Waals surface area contributed by atoms with Gasteiger partial charge >= 0.3 is 5.97 Å². The van der Waals surface area contributed by atoms with E-state index in [-0.39, 0.29) is 0 Å². The first-order valence-corrected chi connectivity index (χ1v) is 18.9. The number of aliphatic hydroxyl groups excluding tert-OH is 11. The first kappa shape index (κ1) is 49.3. The number of carboxylic acids is 1. The lowest BCUT2D eigenvalue weighted by Gasteiger charge is -2.52. The molecule has 2 amide bonds. The molecule has 0 radical (unpaired) electrons. The molecule has 4 saturated heterocycles. The van der Waals surface area contributed by atoms with Crippen LogP contribution in [0, 0.1) is 0 Å². The fourth-order valence-electron chi connectivity index (χ4n) is 7.36.